The van der Waals surface area contributed by atoms with Gasteiger partial charge in [0.2, 0.25) is 12.7 Å². The smallest absolute Gasteiger partial charge is 0.231 e. The summed E-state index contributed by atoms with van der Waals surface area (Å²) in [5, 5.41) is 12.6. The molecule has 5 rings (SSSR count). The van der Waals surface area contributed by atoms with E-state index >= 15 is 0 Å². The van der Waals surface area contributed by atoms with Gasteiger partial charge in [0.1, 0.15) is 0 Å². The molecule has 0 unspecified atom stereocenters. The third kappa shape index (κ3) is 4.85. The Hall–Kier alpha value is -3.78. The lowest BCUT2D eigenvalue weighted by Crippen LogP contribution is -2.23. The number of carbonyl (C=O) groups is 1. The fourth-order valence-electron chi connectivity index (χ4n) is 3.52. The molecule has 0 aliphatic carbocycles. The zero-order chi connectivity index (χ0) is 22.5. The van der Waals surface area contributed by atoms with Crippen LogP contribution in [0.4, 0.5) is 0 Å². The maximum absolute atomic E-state index is 12.4. The summed E-state index contributed by atoms with van der Waals surface area (Å²) in [4.78, 5) is 12.4. The lowest BCUT2D eigenvalue weighted by molar-refractivity contribution is -0.120. The number of para-hydroxylation sites is 1. The van der Waals surface area contributed by atoms with Gasteiger partial charge in [-0.25, -0.2) is 0 Å². The zero-order valence-corrected chi connectivity index (χ0v) is 18.6. The SMILES string of the molecule is O=C(CCSc1nnc(-c2ccccc2)n1-c1ccccc1)NCc1ccc2c(c1)OCO2. The third-order valence-electron chi connectivity index (χ3n) is 5.17. The van der Waals surface area contributed by atoms with Gasteiger partial charge in [-0.05, 0) is 29.8 Å². The molecule has 1 N–H and O–H groups in total. The summed E-state index contributed by atoms with van der Waals surface area (Å²) in [7, 11) is 0. The molecule has 1 aliphatic rings. The molecule has 0 saturated heterocycles. The van der Waals surface area contributed by atoms with E-state index in [-0.39, 0.29) is 12.7 Å². The van der Waals surface area contributed by atoms with Gasteiger partial charge < -0.3 is 14.8 Å². The summed E-state index contributed by atoms with van der Waals surface area (Å²) in [6.07, 6.45) is 0.373. The van der Waals surface area contributed by atoms with Crippen molar-refractivity contribution in [3.05, 3.63) is 84.4 Å². The Kier molecular flexibility index (Phi) is 6.25. The minimum Gasteiger partial charge on any atom is -0.454 e. The number of nitrogens with zero attached hydrogens (tertiary/aromatic N) is 3. The van der Waals surface area contributed by atoms with Crippen molar-refractivity contribution in [3.8, 4) is 28.6 Å². The number of hydrogen-bond donors (Lipinski definition) is 1. The van der Waals surface area contributed by atoms with E-state index in [1.807, 2.05) is 83.4 Å². The predicted molar refractivity (Wildman–Crippen MR) is 127 cm³/mol. The van der Waals surface area contributed by atoms with E-state index in [4.69, 9.17) is 9.47 Å². The van der Waals surface area contributed by atoms with E-state index < -0.39 is 0 Å². The molecule has 166 valence electrons. The standard InChI is InChI=1S/C25H22N4O3S/c30-23(26-16-18-11-12-21-22(15-18)32-17-31-21)13-14-33-25-28-27-24(19-7-3-1-4-8-19)29(25)20-9-5-2-6-10-20/h1-12,15H,13-14,16-17H2,(H,26,30). The molecule has 1 aromatic heterocycles. The number of rotatable bonds is 8. The second kappa shape index (κ2) is 9.79. The maximum Gasteiger partial charge on any atom is 0.231 e. The van der Waals surface area contributed by atoms with Crippen LogP contribution in [0.2, 0.25) is 0 Å². The molecule has 0 spiro atoms. The third-order valence-corrected chi connectivity index (χ3v) is 6.10. The molecular formula is C25H22N4O3S. The van der Waals surface area contributed by atoms with Crippen LogP contribution in [0.3, 0.4) is 0 Å². The van der Waals surface area contributed by atoms with Crippen LogP contribution >= 0.6 is 11.8 Å². The average Bonchev–Trinajstić information content (AvgIpc) is 3.50. The number of amides is 1. The van der Waals surface area contributed by atoms with Crippen LogP contribution in [-0.2, 0) is 11.3 Å². The number of nitrogens with one attached hydrogen (secondary N) is 1. The molecule has 1 amide bonds. The van der Waals surface area contributed by atoms with Gasteiger partial charge in [-0.2, -0.15) is 0 Å². The largest absolute Gasteiger partial charge is 0.454 e. The van der Waals surface area contributed by atoms with Crippen LogP contribution in [0.15, 0.2) is 84.0 Å². The van der Waals surface area contributed by atoms with Crippen LogP contribution < -0.4 is 14.8 Å². The molecule has 7 nitrogen and oxygen atoms in total. The van der Waals surface area contributed by atoms with Crippen LogP contribution in [0.5, 0.6) is 11.5 Å². The number of thioether (sulfide) groups is 1. The summed E-state index contributed by atoms with van der Waals surface area (Å²) < 4.78 is 12.7. The molecule has 0 fully saturated rings. The number of carbonyl (C=O) groups excluding carboxylic acids is 1. The van der Waals surface area contributed by atoms with Crippen LogP contribution in [0.1, 0.15) is 12.0 Å². The van der Waals surface area contributed by atoms with Gasteiger partial charge in [0.25, 0.3) is 0 Å². The molecule has 33 heavy (non-hydrogen) atoms. The number of fused-ring (bicyclic) bond motifs is 1. The van der Waals surface area contributed by atoms with Crippen LogP contribution in [-0.4, -0.2) is 33.2 Å². The maximum atomic E-state index is 12.4. The van der Waals surface area contributed by atoms with Gasteiger partial charge in [0, 0.05) is 30.0 Å². The van der Waals surface area contributed by atoms with E-state index in [2.05, 4.69) is 15.5 Å². The van der Waals surface area contributed by atoms with Crippen molar-refractivity contribution in [3.63, 3.8) is 0 Å². The van der Waals surface area contributed by atoms with Crippen molar-refractivity contribution in [2.24, 2.45) is 0 Å². The van der Waals surface area contributed by atoms with E-state index in [9.17, 15) is 4.79 Å². The number of benzene rings is 3. The molecule has 0 atom stereocenters. The van der Waals surface area contributed by atoms with Crippen molar-refractivity contribution in [1.29, 1.82) is 0 Å². The van der Waals surface area contributed by atoms with E-state index in [1.165, 1.54) is 11.8 Å². The average molecular weight is 459 g/mol. The normalized spacial score (nSPS) is 12.0. The Labute approximate surface area is 195 Å². The molecule has 4 aromatic rings. The van der Waals surface area contributed by atoms with E-state index in [1.54, 1.807) is 0 Å². The summed E-state index contributed by atoms with van der Waals surface area (Å²) >= 11 is 1.52. The van der Waals surface area contributed by atoms with Gasteiger partial charge >= 0.3 is 0 Å². The zero-order valence-electron chi connectivity index (χ0n) is 17.8. The van der Waals surface area contributed by atoms with Crippen LogP contribution in [0.25, 0.3) is 17.1 Å². The van der Waals surface area contributed by atoms with Gasteiger partial charge in [-0.1, -0.05) is 66.4 Å². The fraction of sp³-hybridized carbons (Fsp3) is 0.160. The highest BCUT2D eigenvalue weighted by atomic mass is 32.2. The molecule has 0 radical (unpaired) electrons. The van der Waals surface area contributed by atoms with E-state index in [0.29, 0.717) is 24.5 Å². The van der Waals surface area contributed by atoms with Gasteiger partial charge in [-0.15, -0.1) is 10.2 Å². The second-order valence-corrected chi connectivity index (χ2v) is 8.47. The first-order valence-electron chi connectivity index (χ1n) is 10.6. The van der Waals surface area contributed by atoms with E-state index in [0.717, 1.165) is 33.5 Å². The first kappa shape index (κ1) is 21.1. The second-order valence-electron chi connectivity index (χ2n) is 7.41. The van der Waals surface area contributed by atoms with Crippen molar-refractivity contribution in [1.82, 2.24) is 20.1 Å². The predicted octanol–water partition coefficient (Wildman–Crippen LogP) is 4.46. The highest BCUT2D eigenvalue weighted by Gasteiger charge is 2.17. The molecule has 2 heterocycles. The Morgan fingerprint density at radius 3 is 2.52 bits per heavy atom. The van der Waals surface area contributed by atoms with Gasteiger partial charge in [-0.3, -0.25) is 9.36 Å². The minimum absolute atomic E-state index is 0.0192. The molecular weight excluding hydrogens is 436 g/mol. The van der Waals surface area contributed by atoms with Gasteiger partial charge in [0.15, 0.2) is 22.5 Å². The molecule has 3 aromatic carbocycles. The molecule has 1 aliphatic heterocycles. The van der Waals surface area contributed by atoms with Gasteiger partial charge in [0.05, 0.1) is 0 Å². The lowest BCUT2D eigenvalue weighted by Gasteiger charge is -2.10. The summed E-state index contributed by atoms with van der Waals surface area (Å²) in [6, 6.07) is 25.7. The Balaban J connectivity index is 1.22. The molecule has 0 saturated carbocycles. The highest BCUT2D eigenvalue weighted by molar-refractivity contribution is 7.99. The van der Waals surface area contributed by atoms with Crippen molar-refractivity contribution < 1.29 is 14.3 Å². The van der Waals surface area contributed by atoms with Crippen molar-refractivity contribution in [2.75, 3.05) is 12.5 Å². The summed E-state index contributed by atoms with van der Waals surface area (Å²) in [5.41, 5.74) is 2.94. The Morgan fingerprint density at radius 1 is 0.939 bits per heavy atom. The van der Waals surface area contributed by atoms with Crippen molar-refractivity contribution in [2.45, 2.75) is 18.1 Å². The Bertz CT molecular complexity index is 1250. The first-order chi connectivity index (χ1) is 16.3. The number of hydrogen-bond acceptors (Lipinski definition) is 6. The summed E-state index contributed by atoms with van der Waals surface area (Å²) in [6.45, 7) is 0.681. The van der Waals surface area contributed by atoms with Crippen LogP contribution in [0, 0.1) is 0 Å². The quantitative estimate of drug-likeness (QED) is 0.393. The molecule has 8 heteroatoms. The topological polar surface area (TPSA) is 78.3 Å². The number of ether oxygens (including phenoxy) is 2. The monoisotopic (exact) mass is 458 g/mol. The van der Waals surface area contributed by atoms with Crippen molar-refractivity contribution >= 4 is 17.7 Å². The fourth-order valence-corrected chi connectivity index (χ4v) is 4.41. The summed E-state index contributed by atoms with van der Waals surface area (Å²) in [5.74, 6) is 2.80. The Morgan fingerprint density at radius 2 is 1.70 bits per heavy atom. The highest BCUT2D eigenvalue weighted by Crippen LogP contribution is 2.32. The molecule has 0 bridgehead atoms. The first-order valence-corrected chi connectivity index (χ1v) is 11.6. The minimum atomic E-state index is -0.0192. The lowest BCUT2D eigenvalue weighted by atomic mass is 10.2. The number of aromatic nitrogens is 3.